The summed E-state index contributed by atoms with van der Waals surface area (Å²) in [5.41, 5.74) is 0. The number of ether oxygens (including phenoxy) is 7. The Morgan fingerprint density at radius 2 is 0.784 bits per heavy atom. The zero-order chi connectivity index (χ0) is 71.2. The third-order valence-electron chi connectivity index (χ3n) is 18.9. The average Bonchev–Trinajstić information content (AvgIpc) is 0.763. The number of phosphoric ester groups is 1. The molecule has 0 aromatic rings. The fourth-order valence-corrected chi connectivity index (χ4v) is 13.6. The summed E-state index contributed by atoms with van der Waals surface area (Å²) >= 11 is 0. The molecule has 2 saturated heterocycles. The van der Waals surface area contributed by atoms with Crippen LogP contribution in [0, 0.1) is 5.92 Å². The van der Waals surface area contributed by atoms with Gasteiger partial charge in [0.1, 0.15) is 98.7 Å². The van der Waals surface area contributed by atoms with Gasteiger partial charge in [0.05, 0.1) is 13.2 Å². The normalized spacial score (nSPS) is 28.2. The summed E-state index contributed by atoms with van der Waals surface area (Å²) in [7, 11) is -5.70. The lowest BCUT2D eigenvalue weighted by Gasteiger charge is -2.49. The highest BCUT2D eigenvalue weighted by Gasteiger charge is 2.58. The van der Waals surface area contributed by atoms with Crippen LogP contribution in [0.4, 0.5) is 0 Å². The van der Waals surface area contributed by atoms with Gasteiger partial charge in [-0.05, 0) is 50.9 Å². The number of unbranched alkanes of at least 4 members (excludes halogenated alkanes) is 31. The van der Waals surface area contributed by atoms with Crippen molar-refractivity contribution in [1.29, 1.82) is 0 Å². The highest BCUT2D eigenvalue weighted by molar-refractivity contribution is 7.47. The van der Waals surface area contributed by atoms with E-state index in [0.29, 0.717) is 25.2 Å². The predicted octanol–water partition coefficient (Wildman–Crippen LogP) is 10.2. The Hall–Kier alpha value is -2.30. The fraction of sp³-hybridized carbons (Fsp3) is 0.931. The molecule has 19 unspecified atom stereocenters. The average molecular weight is 1410 g/mol. The highest BCUT2D eigenvalue weighted by Crippen LogP contribution is 2.49. The third-order valence-corrected chi connectivity index (χ3v) is 19.9. The molecule has 0 bridgehead atoms. The van der Waals surface area contributed by atoms with Gasteiger partial charge in [0, 0.05) is 19.3 Å². The summed E-state index contributed by atoms with van der Waals surface area (Å²) in [6, 6.07) is 0. The minimum Gasteiger partial charge on any atom is -0.463 e. The third kappa shape index (κ3) is 37.1. The van der Waals surface area contributed by atoms with Crippen molar-refractivity contribution in [3.05, 3.63) is 12.2 Å². The van der Waals surface area contributed by atoms with E-state index in [1.165, 1.54) is 128 Å². The summed E-state index contributed by atoms with van der Waals surface area (Å²) in [6.07, 6.45) is 10.0. The van der Waals surface area contributed by atoms with E-state index in [1.54, 1.807) is 0 Å². The Kier molecular flexibility index (Phi) is 49.0. The van der Waals surface area contributed by atoms with E-state index in [9.17, 15) is 74.9 Å². The molecule has 0 spiro atoms. The monoisotopic (exact) mass is 1410 g/mol. The van der Waals surface area contributed by atoms with E-state index >= 15 is 0 Å². The van der Waals surface area contributed by atoms with E-state index < -0.39 is 156 Å². The number of carbonyl (C=O) groups excluding carboxylic acids is 3. The molecule has 1 saturated carbocycles. The van der Waals surface area contributed by atoms with Gasteiger partial charge < -0.3 is 89.1 Å². The zero-order valence-electron chi connectivity index (χ0n) is 59.5. The Bertz CT molecular complexity index is 2080. The second-order valence-corrected chi connectivity index (χ2v) is 29.0. The summed E-state index contributed by atoms with van der Waals surface area (Å²) in [4.78, 5) is 51.0. The number of aliphatic hydroxyl groups excluding tert-OH is 10. The maximum atomic E-state index is 14.3. The maximum absolute atomic E-state index is 14.3. The first-order valence-corrected chi connectivity index (χ1v) is 39.4. The molecule has 570 valence electrons. The van der Waals surface area contributed by atoms with Crippen LogP contribution in [-0.4, -0.2) is 204 Å². The molecule has 11 N–H and O–H groups in total. The van der Waals surface area contributed by atoms with Crippen LogP contribution in [0.25, 0.3) is 0 Å². The number of carbonyl (C=O) groups is 3. The molecular weight excluding hydrogens is 1280 g/mol. The first-order valence-electron chi connectivity index (χ1n) is 37.9. The van der Waals surface area contributed by atoms with Gasteiger partial charge in [0.15, 0.2) is 18.7 Å². The van der Waals surface area contributed by atoms with Crippen LogP contribution in [0.15, 0.2) is 12.2 Å². The Balaban J connectivity index is 1.75. The summed E-state index contributed by atoms with van der Waals surface area (Å²) in [5, 5.41) is 110. The summed E-state index contributed by atoms with van der Waals surface area (Å²) < 4.78 is 65.0. The number of hydrogen-bond donors (Lipinski definition) is 11. The highest BCUT2D eigenvalue weighted by atomic mass is 31.2. The van der Waals surface area contributed by atoms with Crippen molar-refractivity contribution in [1.82, 2.24) is 0 Å². The summed E-state index contributed by atoms with van der Waals surface area (Å²) in [6.45, 7) is 5.75. The quantitative estimate of drug-likeness (QED) is 0.00886. The van der Waals surface area contributed by atoms with Crippen LogP contribution in [-0.2, 0) is 61.2 Å². The Morgan fingerprint density at radius 1 is 0.423 bits per heavy atom. The van der Waals surface area contributed by atoms with Crippen molar-refractivity contribution >= 4 is 25.7 Å². The van der Waals surface area contributed by atoms with Gasteiger partial charge in [0.2, 0.25) is 0 Å². The molecule has 0 aromatic carbocycles. The molecule has 0 aromatic heterocycles. The van der Waals surface area contributed by atoms with Gasteiger partial charge in [-0.25, -0.2) is 4.57 Å². The Morgan fingerprint density at radius 3 is 1.23 bits per heavy atom. The largest absolute Gasteiger partial charge is 0.472 e. The van der Waals surface area contributed by atoms with Gasteiger partial charge in [-0.3, -0.25) is 23.4 Å². The smallest absolute Gasteiger partial charge is 0.463 e. The standard InChI is InChI=1S/C72H133O24P/c1-5-8-11-14-17-19-21-23-25-27-29-35-41-46-57(75)89-51-55-60(78)62(80)67(85)72(93-55)95-69-65(83)63(81)64(82)68(94-71-66(84)61(79)59(77)54(48-73)92-71)70(69)96-97(86,87)90-50-53(91-58(76)47-42-37-30-28-26-24-22-20-18-15-12-9-6-2)49-88-56(74)45-40-36-32-31-34-39-44-52(4)43-38-33-16-13-10-7-3/h23,25,52-55,59-73,77-85H,5-22,24,26-51H2,1-4H3,(H,86,87)/b25-23-. The first kappa shape index (κ1) is 88.9. The van der Waals surface area contributed by atoms with Gasteiger partial charge in [-0.15, -0.1) is 0 Å². The lowest BCUT2D eigenvalue weighted by molar-refractivity contribution is -0.360. The van der Waals surface area contributed by atoms with Crippen molar-refractivity contribution in [2.45, 2.75) is 395 Å². The first-order chi connectivity index (χ1) is 46.7. The number of rotatable bonds is 58. The van der Waals surface area contributed by atoms with E-state index in [4.69, 9.17) is 42.2 Å². The van der Waals surface area contributed by atoms with Crippen LogP contribution in [0.5, 0.6) is 0 Å². The zero-order valence-corrected chi connectivity index (χ0v) is 60.4. The van der Waals surface area contributed by atoms with Crippen LogP contribution in [0.2, 0.25) is 0 Å². The van der Waals surface area contributed by atoms with Crippen LogP contribution in [0.1, 0.15) is 291 Å². The minimum atomic E-state index is -5.70. The number of esters is 3. The fourth-order valence-electron chi connectivity index (χ4n) is 12.6. The van der Waals surface area contributed by atoms with E-state index in [0.717, 1.165) is 96.3 Å². The molecule has 24 nitrogen and oxygen atoms in total. The van der Waals surface area contributed by atoms with Crippen LogP contribution in [0.3, 0.4) is 0 Å². The molecule has 25 heteroatoms. The number of allylic oxidation sites excluding steroid dienone is 2. The lowest BCUT2D eigenvalue weighted by Crippen LogP contribution is -2.69. The molecule has 3 rings (SSSR count). The molecule has 3 aliphatic rings. The molecule has 2 aliphatic heterocycles. The lowest BCUT2D eigenvalue weighted by atomic mass is 9.84. The van der Waals surface area contributed by atoms with Crippen molar-refractivity contribution in [2.24, 2.45) is 5.92 Å². The molecule has 19 atom stereocenters. The number of phosphoric acid groups is 1. The predicted molar refractivity (Wildman–Crippen MR) is 365 cm³/mol. The van der Waals surface area contributed by atoms with Crippen LogP contribution < -0.4 is 0 Å². The van der Waals surface area contributed by atoms with Crippen molar-refractivity contribution in [3.63, 3.8) is 0 Å². The second kappa shape index (κ2) is 53.5. The van der Waals surface area contributed by atoms with E-state index in [2.05, 4.69) is 39.8 Å². The van der Waals surface area contributed by atoms with Crippen molar-refractivity contribution in [3.8, 4) is 0 Å². The molecular formula is C72H133O24P. The van der Waals surface area contributed by atoms with Crippen LogP contribution >= 0.6 is 7.82 Å². The molecule has 0 radical (unpaired) electrons. The summed E-state index contributed by atoms with van der Waals surface area (Å²) in [5.74, 6) is -1.30. The SMILES string of the molecule is CCCCCCCC/C=C\CCCCCC(=O)OCC1OC(OC2C(O)C(O)C(O)C(OC3OC(CO)C(O)C(O)C3O)C2OP(=O)(O)OCC(COC(=O)CCCCCCCCC(C)CCCCCCCC)OC(=O)CCCCCCCCCCCCCCC)C(O)C(O)C1O. The van der Waals surface area contributed by atoms with Gasteiger partial charge in [0.25, 0.3) is 0 Å². The van der Waals surface area contributed by atoms with Gasteiger partial charge in [-0.2, -0.15) is 0 Å². The maximum Gasteiger partial charge on any atom is 0.472 e. The Labute approximate surface area is 580 Å². The second-order valence-electron chi connectivity index (χ2n) is 27.6. The molecule has 2 heterocycles. The molecule has 1 aliphatic carbocycles. The minimum absolute atomic E-state index is 0.00896. The molecule has 97 heavy (non-hydrogen) atoms. The van der Waals surface area contributed by atoms with Crippen molar-refractivity contribution in [2.75, 3.05) is 26.4 Å². The molecule has 3 fully saturated rings. The van der Waals surface area contributed by atoms with Gasteiger partial charge in [-0.1, -0.05) is 239 Å². The van der Waals surface area contributed by atoms with E-state index in [1.807, 2.05) is 0 Å². The topological polar surface area (TPSA) is 374 Å². The number of aliphatic hydroxyl groups is 10. The molecule has 0 amide bonds. The number of hydrogen-bond acceptors (Lipinski definition) is 23. The van der Waals surface area contributed by atoms with E-state index in [-0.39, 0.29) is 19.3 Å². The van der Waals surface area contributed by atoms with Gasteiger partial charge >= 0.3 is 25.7 Å². The van der Waals surface area contributed by atoms with Crippen molar-refractivity contribution < 1.29 is 117 Å².